The highest BCUT2D eigenvalue weighted by Crippen LogP contribution is 2.27. The SMILES string of the molecule is COC(=O)CC(C)Sc1ccccc1C#N. The Balaban J connectivity index is 2.66. The Hall–Kier alpha value is -1.47. The third-order valence-corrected chi connectivity index (χ3v) is 3.20. The van der Waals surface area contributed by atoms with Gasteiger partial charge in [-0.1, -0.05) is 19.1 Å². The van der Waals surface area contributed by atoms with E-state index in [1.807, 2.05) is 25.1 Å². The van der Waals surface area contributed by atoms with Gasteiger partial charge in [0.2, 0.25) is 0 Å². The molecule has 0 aliphatic heterocycles. The smallest absolute Gasteiger partial charge is 0.306 e. The quantitative estimate of drug-likeness (QED) is 0.594. The summed E-state index contributed by atoms with van der Waals surface area (Å²) in [5.74, 6) is -0.227. The molecule has 1 aromatic rings. The Bertz CT molecular complexity index is 412. The Morgan fingerprint density at radius 3 is 2.88 bits per heavy atom. The summed E-state index contributed by atoms with van der Waals surface area (Å²) < 4.78 is 4.60. The first kappa shape index (κ1) is 12.6. The van der Waals surface area contributed by atoms with Crippen LogP contribution >= 0.6 is 11.8 Å². The van der Waals surface area contributed by atoms with Gasteiger partial charge in [0.15, 0.2) is 0 Å². The summed E-state index contributed by atoms with van der Waals surface area (Å²) in [4.78, 5) is 12.0. The van der Waals surface area contributed by atoms with Gasteiger partial charge >= 0.3 is 5.97 Å². The van der Waals surface area contributed by atoms with Gasteiger partial charge in [-0.05, 0) is 12.1 Å². The molecule has 0 saturated carbocycles. The molecular weight excluding hydrogens is 222 g/mol. The second-order valence-corrected chi connectivity index (χ2v) is 4.80. The maximum atomic E-state index is 11.1. The second kappa shape index (κ2) is 6.19. The highest BCUT2D eigenvalue weighted by Gasteiger charge is 2.12. The van der Waals surface area contributed by atoms with E-state index in [0.29, 0.717) is 12.0 Å². The minimum Gasteiger partial charge on any atom is -0.469 e. The molecule has 16 heavy (non-hydrogen) atoms. The lowest BCUT2D eigenvalue weighted by atomic mass is 10.2. The van der Waals surface area contributed by atoms with Crippen molar-refractivity contribution in [2.45, 2.75) is 23.5 Å². The van der Waals surface area contributed by atoms with Crippen molar-refractivity contribution in [3.05, 3.63) is 29.8 Å². The number of nitriles is 1. The molecule has 0 heterocycles. The van der Waals surface area contributed by atoms with Crippen LogP contribution in [0.1, 0.15) is 18.9 Å². The number of carbonyl (C=O) groups is 1. The number of thioether (sulfide) groups is 1. The Morgan fingerprint density at radius 2 is 2.25 bits per heavy atom. The molecule has 0 bridgehead atoms. The van der Waals surface area contributed by atoms with Crippen molar-refractivity contribution in [1.29, 1.82) is 5.26 Å². The van der Waals surface area contributed by atoms with Crippen molar-refractivity contribution in [3.8, 4) is 6.07 Å². The summed E-state index contributed by atoms with van der Waals surface area (Å²) in [6, 6.07) is 9.50. The van der Waals surface area contributed by atoms with Crippen molar-refractivity contribution >= 4 is 17.7 Å². The van der Waals surface area contributed by atoms with Crippen LogP contribution in [0.4, 0.5) is 0 Å². The monoisotopic (exact) mass is 235 g/mol. The lowest BCUT2D eigenvalue weighted by Gasteiger charge is -2.10. The molecule has 0 fully saturated rings. The van der Waals surface area contributed by atoms with Gasteiger partial charge in [-0.3, -0.25) is 4.79 Å². The van der Waals surface area contributed by atoms with Gasteiger partial charge in [-0.2, -0.15) is 5.26 Å². The summed E-state index contributed by atoms with van der Waals surface area (Å²) in [6.45, 7) is 1.94. The van der Waals surface area contributed by atoms with Crippen molar-refractivity contribution in [2.75, 3.05) is 7.11 Å². The first-order chi connectivity index (χ1) is 7.67. The second-order valence-electron chi connectivity index (χ2n) is 3.32. The van der Waals surface area contributed by atoms with E-state index in [1.54, 1.807) is 6.07 Å². The third-order valence-electron chi connectivity index (χ3n) is 2.02. The molecule has 0 saturated heterocycles. The first-order valence-corrected chi connectivity index (χ1v) is 5.78. The maximum absolute atomic E-state index is 11.1. The van der Waals surface area contributed by atoms with E-state index in [4.69, 9.17) is 5.26 Å². The van der Waals surface area contributed by atoms with Gasteiger partial charge in [0, 0.05) is 10.1 Å². The standard InChI is InChI=1S/C12H13NO2S/c1-9(7-12(14)15-2)16-11-6-4-3-5-10(11)8-13/h3-6,9H,7H2,1-2H3. The normalized spacial score (nSPS) is 11.6. The lowest BCUT2D eigenvalue weighted by molar-refractivity contribution is -0.140. The molecule has 4 heteroatoms. The zero-order valence-corrected chi connectivity index (χ0v) is 10.1. The van der Waals surface area contributed by atoms with Crippen LogP contribution in [0.2, 0.25) is 0 Å². The number of methoxy groups -OCH3 is 1. The number of esters is 1. The number of ether oxygens (including phenoxy) is 1. The summed E-state index contributed by atoms with van der Waals surface area (Å²) in [7, 11) is 1.38. The first-order valence-electron chi connectivity index (χ1n) is 4.90. The van der Waals surface area contributed by atoms with Gasteiger partial charge in [-0.25, -0.2) is 0 Å². The van der Waals surface area contributed by atoms with E-state index in [9.17, 15) is 4.79 Å². The van der Waals surface area contributed by atoms with E-state index in [1.165, 1.54) is 18.9 Å². The zero-order chi connectivity index (χ0) is 12.0. The topological polar surface area (TPSA) is 50.1 Å². The molecule has 1 atom stereocenters. The maximum Gasteiger partial charge on any atom is 0.306 e. The zero-order valence-electron chi connectivity index (χ0n) is 9.27. The van der Waals surface area contributed by atoms with Crippen LogP contribution in [-0.2, 0) is 9.53 Å². The fourth-order valence-corrected chi connectivity index (χ4v) is 2.29. The average molecular weight is 235 g/mol. The molecule has 84 valence electrons. The van der Waals surface area contributed by atoms with Crippen molar-refractivity contribution in [3.63, 3.8) is 0 Å². The van der Waals surface area contributed by atoms with Gasteiger partial charge in [0.25, 0.3) is 0 Å². The molecule has 0 aliphatic carbocycles. The number of nitrogens with zero attached hydrogens (tertiary/aromatic N) is 1. The van der Waals surface area contributed by atoms with Crippen LogP contribution in [0.5, 0.6) is 0 Å². The fourth-order valence-electron chi connectivity index (χ4n) is 1.24. The molecular formula is C12H13NO2S. The molecule has 0 aliphatic rings. The van der Waals surface area contributed by atoms with Gasteiger partial charge < -0.3 is 4.74 Å². The molecule has 0 spiro atoms. The van der Waals surface area contributed by atoms with Crippen LogP contribution in [0, 0.1) is 11.3 Å². The molecule has 0 aromatic heterocycles. The molecule has 3 nitrogen and oxygen atoms in total. The number of rotatable bonds is 4. The Morgan fingerprint density at radius 1 is 1.56 bits per heavy atom. The van der Waals surface area contributed by atoms with E-state index in [2.05, 4.69) is 10.8 Å². The van der Waals surface area contributed by atoms with Gasteiger partial charge in [0.1, 0.15) is 6.07 Å². The minimum atomic E-state index is -0.227. The predicted octanol–water partition coefficient (Wildman–Crippen LogP) is 2.60. The minimum absolute atomic E-state index is 0.0990. The third kappa shape index (κ3) is 3.59. The van der Waals surface area contributed by atoms with E-state index < -0.39 is 0 Å². The number of carbonyl (C=O) groups excluding carboxylic acids is 1. The molecule has 0 N–H and O–H groups in total. The molecule has 0 amide bonds. The highest BCUT2D eigenvalue weighted by atomic mass is 32.2. The van der Waals surface area contributed by atoms with Crippen molar-refractivity contribution in [2.24, 2.45) is 0 Å². The van der Waals surface area contributed by atoms with Crippen LogP contribution in [0.15, 0.2) is 29.2 Å². The van der Waals surface area contributed by atoms with E-state index >= 15 is 0 Å². The van der Waals surface area contributed by atoms with Crippen LogP contribution in [-0.4, -0.2) is 18.3 Å². The fraction of sp³-hybridized carbons (Fsp3) is 0.333. The number of hydrogen-bond donors (Lipinski definition) is 0. The molecule has 1 unspecified atom stereocenters. The summed E-state index contributed by atoms with van der Waals surface area (Å²) >= 11 is 1.52. The van der Waals surface area contributed by atoms with Crippen LogP contribution < -0.4 is 0 Å². The van der Waals surface area contributed by atoms with Gasteiger partial charge in [-0.15, -0.1) is 11.8 Å². The predicted molar refractivity (Wildman–Crippen MR) is 63.1 cm³/mol. The van der Waals surface area contributed by atoms with E-state index in [-0.39, 0.29) is 11.2 Å². The van der Waals surface area contributed by atoms with Gasteiger partial charge in [0.05, 0.1) is 19.1 Å². The lowest BCUT2D eigenvalue weighted by Crippen LogP contribution is -2.08. The molecule has 1 aromatic carbocycles. The van der Waals surface area contributed by atoms with Crippen LogP contribution in [0.25, 0.3) is 0 Å². The summed E-state index contributed by atoms with van der Waals surface area (Å²) in [5.41, 5.74) is 0.643. The highest BCUT2D eigenvalue weighted by molar-refractivity contribution is 8.00. The average Bonchev–Trinajstić information content (AvgIpc) is 2.29. The Labute approximate surface area is 99.4 Å². The van der Waals surface area contributed by atoms with Crippen molar-refractivity contribution < 1.29 is 9.53 Å². The van der Waals surface area contributed by atoms with Crippen molar-refractivity contribution in [1.82, 2.24) is 0 Å². The summed E-state index contributed by atoms with van der Waals surface area (Å²) in [5, 5.41) is 9.00. The largest absolute Gasteiger partial charge is 0.469 e. The molecule has 1 rings (SSSR count). The number of benzene rings is 1. The Kier molecular flexibility index (Phi) is 4.87. The number of hydrogen-bond acceptors (Lipinski definition) is 4. The van der Waals surface area contributed by atoms with Crippen LogP contribution in [0.3, 0.4) is 0 Å². The summed E-state index contributed by atoms with van der Waals surface area (Å²) in [6.07, 6.45) is 0.348. The van der Waals surface area contributed by atoms with E-state index in [0.717, 1.165) is 4.90 Å². The molecule has 0 radical (unpaired) electrons.